The van der Waals surface area contributed by atoms with Crippen LogP contribution in [0.1, 0.15) is 43.9 Å². The van der Waals surface area contributed by atoms with E-state index in [1.165, 1.54) is 0 Å². The maximum atomic E-state index is 9.74. The van der Waals surface area contributed by atoms with Crippen molar-refractivity contribution in [2.75, 3.05) is 14.2 Å². The van der Waals surface area contributed by atoms with Gasteiger partial charge in [0, 0.05) is 0 Å². The van der Waals surface area contributed by atoms with Gasteiger partial charge in [0.25, 0.3) is 0 Å². The summed E-state index contributed by atoms with van der Waals surface area (Å²) < 4.78 is 10.5. The van der Waals surface area contributed by atoms with Crippen molar-refractivity contribution in [3.63, 3.8) is 0 Å². The summed E-state index contributed by atoms with van der Waals surface area (Å²) in [4.78, 5) is 0. The van der Waals surface area contributed by atoms with E-state index in [1.807, 2.05) is 12.1 Å². The SMILES string of the molecule is COc1cc(C(C)C)c(C(C)O)cc1OC. The van der Waals surface area contributed by atoms with Crippen LogP contribution in [0.2, 0.25) is 0 Å². The summed E-state index contributed by atoms with van der Waals surface area (Å²) in [6.07, 6.45) is -0.503. The second kappa shape index (κ2) is 5.21. The van der Waals surface area contributed by atoms with Gasteiger partial charge >= 0.3 is 0 Å². The normalized spacial score (nSPS) is 12.7. The molecule has 1 atom stereocenters. The van der Waals surface area contributed by atoms with Crippen molar-refractivity contribution in [3.8, 4) is 11.5 Å². The minimum atomic E-state index is -0.503. The van der Waals surface area contributed by atoms with Crippen LogP contribution in [0.3, 0.4) is 0 Å². The molecule has 0 spiro atoms. The third-order valence-electron chi connectivity index (χ3n) is 2.66. The lowest BCUT2D eigenvalue weighted by atomic mass is 9.94. The van der Waals surface area contributed by atoms with Crippen LogP contribution < -0.4 is 9.47 Å². The third-order valence-corrected chi connectivity index (χ3v) is 2.66. The number of hydrogen-bond acceptors (Lipinski definition) is 3. The molecule has 0 fully saturated rings. The highest BCUT2D eigenvalue weighted by molar-refractivity contribution is 5.49. The first kappa shape index (κ1) is 12.8. The average Bonchev–Trinajstić information content (AvgIpc) is 2.26. The predicted octanol–water partition coefficient (Wildman–Crippen LogP) is 2.88. The molecule has 1 rings (SSSR count). The monoisotopic (exact) mass is 224 g/mol. The predicted molar refractivity (Wildman–Crippen MR) is 64.3 cm³/mol. The first-order valence-electron chi connectivity index (χ1n) is 5.45. The Bertz CT molecular complexity index is 321. The standard InChI is InChI=1S/C13H20O3/c1-8(2)10-6-12(15-4)13(16-5)7-11(10)9(3)14/h6-9,14H,1-5H3. The van der Waals surface area contributed by atoms with Gasteiger partial charge in [-0.2, -0.15) is 0 Å². The van der Waals surface area contributed by atoms with Crippen LogP contribution in [-0.2, 0) is 0 Å². The summed E-state index contributed by atoms with van der Waals surface area (Å²) in [6.45, 7) is 5.94. The van der Waals surface area contributed by atoms with Crippen LogP contribution in [0.15, 0.2) is 12.1 Å². The maximum Gasteiger partial charge on any atom is 0.161 e. The van der Waals surface area contributed by atoms with Crippen LogP contribution in [0.5, 0.6) is 11.5 Å². The van der Waals surface area contributed by atoms with Gasteiger partial charge in [-0.1, -0.05) is 13.8 Å². The highest BCUT2D eigenvalue weighted by Gasteiger charge is 2.16. The number of methoxy groups -OCH3 is 2. The van der Waals surface area contributed by atoms with Gasteiger partial charge < -0.3 is 14.6 Å². The first-order chi connectivity index (χ1) is 7.51. The molecule has 3 nitrogen and oxygen atoms in total. The highest BCUT2D eigenvalue weighted by atomic mass is 16.5. The Hall–Kier alpha value is -1.22. The number of aliphatic hydroxyl groups is 1. The molecule has 1 N–H and O–H groups in total. The molecule has 1 aromatic carbocycles. The fourth-order valence-corrected chi connectivity index (χ4v) is 1.77. The molecular weight excluding hydrogens is 204 g/mol. The van der Waals surface area contributed by atoms with Gasteiger partial charge in [0.1, 0.15) is 0 Å². The molecule has 0 aliphatic heterocycles. The van der Waals surface area contributed by atoms with Crippen LogP contribution in [-0.4, -0.2) is 19.3 Å². The lowest BCUT2D eigenvalue weighted by Crippen LogP contribution is -2.03. The zero-order valence-corrected chi connectivity index (χ0v) is 10.6. The molecular formula is C13H20O3. The van der Waals surface area contributed by atoms with Crippen molar-refractivity contribution in [3.05, 3.63) is 23.3 Å². The molecule has 1 unspecified atom stereocenters. The Morgan fingerprint density at radius 3 is 1.69 bits per heavy atom. The molecule has 16 heavy (non-hydrogen) atoms. The molecule has 3 heteroatoms. The molecule has 0 saturated heterocycles. The molecule has 90 valence electrons. The Morgan fingerprint density at radius 2 is 1.38 bits per heavy atom. The number of hydrogen-bond donors (Lipinski definition) is 1. The summed E-state index contributed by atoms with van der Waals surface area (Å²) in [6, 6.07) is 3.78. The molecule has 0 bridgehead atoms. The third kappa shape index (κ3) is 2.47. The molecule has 0 aliphatic rings. The molecule has 0 saturated carbocycles. The molecule has 0 heterocycles. The molecule has 1 aromatic rings. The van der Waals surface area contributed by atoms with Gasteiger partial charge in [-0.3, -0.25) is 0 Å². The van der Waals surface area contributed by atoms with Gasteiger partial charge in [0.05, 0.1) is 20.3 Å². The minimum Gasteiger partial charge on any atom is -0.493 e. The van der Waals surface area contributed by atoms with Gasteiger partial charge in [0.2, 0.25) is 0 Å². The van der Waals surface area contributed by atoms with Gasteiger partial charge in [-0.15, -0.1) is 0 Å². The van der Waals surface area contributed by atoms with Crippen LogP contribution in [0.25, 0.3) is 0 Å². The summed E-state index contributed by atoms with van der Waals surface area (Å²) in [5.74, 6) is 1.70. The van der Waals surface area contributed by atoms with Crippen LogP contribution >= 0.6 is 0 Å². The highest BCUT2D eigenvalue weighted by Crippen LogP contribution is 2.36. The minimum absolute atomic E-state index is 0.337. The average molecular weight is 224 g/mol. The van der Waals surface area contributed by atoms with E-state index in [9.17, 15) is 5.11 Å². The zero-order chi connectivity index (χ0) is 12.3. The molecule has 0 aromatic heterocycles. The zero-order valence-electron chi connectivity index (χ0n) is 10.6. The number of benzene rings is 1. The van der Waals surface area contributed by atoms with E-state index in [0.717, 1.165) is 11.1 Å². The van der Waals surface area contributed by atoms with Crippen LogP contribution in [0.4, 0.5) is 0 Å². The second-order valence-corrected chi connectivity index (χ2v) is 4.17. The topological polar surface area (TPSA) is 38.7 Å². The van der Waals surface area contributed by atoms with Gasteiger partial charge in [-0.25, -0.2) is 0 Å². The number of ether oxygens (including phenoxy) is 2. The van der Waals surface area contributed by atoms with E-state index in [0.29, 0.717) is 17.4 Å². The summed E-state index contributed by atoms with van der Waals surface area (Å²) >= 11 is 0. The van der Waals surface area contributed by atoms with Gasteiger partial charge in [0.15, 0.2) is 11.5 Å². The van der Waals surface area contributed by atoms with Crippen molar-refractivity contribution < 1.29 is 14.6 Å². The quantitative estimate of drug-likeness (QED) is 0.854. The van der Waals surface area contributed by atoms with Crippen molar-refractivity contribution in [2.45, 2.75) is 32.8 Å². The summed E-state index contributed by atoms with van der Waals surface area (Å²) in [5, 5.41) is 9.74. The molecule has 0 radical (unpaired) electrons. The summed E-state index contributed by atoms with van der Waals surface area (Å²) in [5.41, 5.74) is 1.99. The molecule has 0 aliphatic carbocycles. The lowest BCUT2D eigenvalue weighted by Gasteiger charge is -2.18. The van der Waals surface area contributed by atoms with Crippen molar-refractivity contribution in [1.82, 2.24) is 0 Å². The van der Waals surface area contributed by atoms with Gasteiger partial charge in [-0.05, 0) is 36.1 Å². The van der Waals surface area contributed by atoms with E-state index in [-0.39, 0.29) is 0 Å². The van der Waals surface area contributed by atoms with Crippen LogP contribution in [0, 0.1) is 0 Å². The fourth-order valence-electron chi connectivity index (χ4n) is 1.77. The summed E-state index contributed by atoms with van der Waals surface area (Å²) in [7, 11) is 3.21. The Kier molecular flexibility index (Phi) is 4.19. The maximum absolute atomic E-state index is 9.74. The first-order valence-corrected chi connectivity index (χ1v) is 5.45. The van der Waals surface area contributed by atoms with E-state index in [2.05, 4.69) is 13.8 Å². The molecule has 0 amide bonds. The smallest absolute Gasteiger partial charge is 0.161 e. The van der Waals surface area contributed by atoms with Crippen molar-refractivity contribution >= 4 is 0 Å². The Labute approximate surface area is 97.0 Å². The van der Waals surface area contributed by atoms with E-state index >= 15 is 0 Å². The van der Waals surface area contributed by atoms with E-state index < -0.39 is 6.10 Å². The van der Waals surface area contributed by atoms with E-state index in [4.69, 9.17) is 9.47 Å². The van der Waals surface area contributed by atoms with E-state index in [1.54, 1.807) is 21.1 Å². The number of rotatable bonds is 4. The second-order valence-electron chi connectivity index (χ2n) is 4.17. The lowest BCUT2D eigenvalue weighted by molar-refractivity contribution is 0.197. The largest absolute Gasteiger partial charge is 0.493 e. The Balaban J connectivity index is 3.35. The fraction of sp³-hybridized carbons (Fsp3) is 0.538. The van der Waals surface area contributed by atoms with Crippen molar-refractivity contribution in [2.24, 2.45) is 0 Å². The van der Waals surface area contributed by atoms with Crippen molar-refractivity contribution in [1.29, 1.82) is 0 Å². The Morgan fingerprint density at radius 1 is 0.938 bits per heavy atom. The number of aliphatic hydroxyl groups excluding tert-OH is 1.